The van der Waals surface area contributed by atoms with E-state index < -0.39 is 0 Å². The Balaban J connectivity index is 1.75. The molecule has 20 heavy (non-hydrogen) atoms. The summed E-state index contributed by atoms with van der Waals surface area (Å²) in [5, 5.41) is 10.8. The minimum Gasteiger partial charge on any atom is -0.308 e. The number of carbonyl (C=O) groups excluding carboxylic acids is 1. The summed E-state index contributed by atoms with van der Waals surface area (Å²) in [7, 11) is 1.87. The van der Waals surface area contributed by atoms with E-state index in [4.69, 9.17) is 0 Å². The zero-order valence-corrected chi connectivity index (χ0v) is 11.0. The fourth-order valence-corrected chi connectivity index (χ4v) is 2.04. The third-order valence-corrected chi connectivity index (χ3v) is 3.04. The lowest BCUT2D eigenvalue weighted by Crippen LogP contribution is -2.19. The molecule has 0 aliphatic carbocycles. The molecule has 0 unspecified atom stereocenters. The standard InChI is InChI=1S/C15H14N4O/c1-19-14-9-13(8-7-11(14)10-16-19)18-15(20)17-12-5-3-2-4-6-12/h2-10H,1H3,(H2,17,18,20). The van der Waals surface area contributed by atoms with E-state index >= 15 is 0 Å². The maximum absolute atomic E-state index is 11.9. The first-order chi connectivity index (χ1) is 9.72. The van der Waals surface area contributed by atoms with E-state index in [1.54, 1.807) is 10.9 Å². The number of anilines is 2. The highest BCUT2D eigenvalue weighted by Gasteiger charge is 2.05. The molecule has 0 saturated carbocycles. The van der Waals surface area contributed by atoms with E-state index in [1.165, 1.54) is 0 Å². The van der Waals surface area contributed by atoms with Crippen molar-refractivity contribution in [2.75, 3.05) is 10.6 Å². The van der Waals surface area contributed by atoms with Crippen molar-refractivity contribution in [3.05, 3.63) is 54.7 Å². The van der Waals surface area contributed by atoms with Gasteiger partial charge in [0.05, 0.1) is 11.7 Å². The Bertz CT molecular complexity index is 749. The SMILES string of the molecule is Cn1ncc2ccc(NC(=O)Nc3ccccc3)cc21. The summed E-state index contributed by atoms with van der Waals surface area (Å²) >= 11 is 0. The first-order valence-electron chi connectivity index (χ1n) is 6.27. The molecule has 3 rings (SSSR count). The van der Waals surface area contributed by atoms with Crippen LogP contribution in [0.3, 0.4) is 0 Å². The molecule has 0 bridgehead atoms. The second-order valence-corrected chi connectivity index (χ2v) is 4.49. The van der Waals surface area contributed by atoms with Gasteiger partial charge in [-0.2, -0.15) is 5.10 Å². The molecule has 5 heteroatoms. The largest absolute Gasteiger partial charge is 0.323 e. The van der Waals surface area contributed by atoms with Gasteiger partial charge in [-0.1, -0.05) is 18.2 Å². The Hall–Kier alpha value is -2.82. The number of urea groups is 1. The molecular formula is C15H14N4O. The van der Waals surface area contributed by atoms with Crippen molar-refractivity contribution in [2.45, 2.75) is 0 Å². The Labute approximate surface area is 116 Å². The maximum atomic E-state index is 11.9. The smallest absolute Gasteiger partial charge is 0.308 e. The average Bonchev–Trinajstić information content (AvgIpc) is 2.81. The molecule has 2 amide bonds. The number of nitrogens with one attached hydrogen (secondary N) is 2. The van der Waals surface area contributed by atoms with Gasteiger partial charge >= 0.3 is 6.03 Å². The molecule has 0 radical (unpaired) electrons. The first-order valence-corrected chi connectivity index (χ1v) is 6.27. The number of aryl methyl sites for hydroxylation is 1. The Morgan fingerprint density at radius 2 is 1.80 bits per heavy atom. The van der Waals surface area contributed by atoms with Crippen molar-refractivity contribution in [3.63, 3.8) is 0 Å². The van der Waals surface area contributed by atoms with Crippen molar-refractivity contribution in [2.24, 2.45) is 7.05 Å². The number of nitrogens with zero attached hydrogens (tertiary/aromatic N) is 2. The summed E-state index contributed by atoms with van der Waals surface area (Å²) in [5.41, 5.74) is 2.46. The minimum absolute atomic E-state index is 0.266. The molecule has 0 spiro atoms. The van der Waals surface area contributed by atoms with Crippen molar-refractivity contribution in [1.29, 1.82) is 0 Å². The quantitative estimate of drug-likeness (QED) is 0.748. The van der Waals surface area contributed by atoms with E-state index in [-0.39, 0.29) is 6.03 Å². The zero-order chi connectivity index (χ0) is 13.9. The lowest BCUT2D eigenvalue weighted by molar-refractivity contribution is 0.262. The lowest BCUT2D eigenvalue weighted by Gasteiger charge is -2.07. The highest BCUT2D eigenvalue weighted by atomic mass is 16.2. The molecule has 5 nitrogen and oxygen atoms in total. The Kier molecular flexibility index (Phi) is 3.09. The predicted octanol–water partition coefficient (Wildman–Crippen LogP) is 3.22. The number of fused-ring (bicyclic) bond motifs is 1. The van der Waals surface area contributed by atoms with Crippen LogP contribution in [0.1, 0.15) is 0 Å². The fourth-order valence-electron chi connectivity index (χ4n) is 2.04. The van der Waals surface area contributed by atoms with Crippen LogP contribution in [0.25, 0.3) is 10.9 Å². The first kappa shape index (κ1) is 12.2. The van der Waals surface area contributed by atoms with Gasteiger partial charge in [-0.15, -0.1) is 0 Å². The zero-order valence-electron chi connectivity index (χ0n) is 11.0. The van der Waals surface area contributed by atoms with Gasteiger partial charge in [0.25, 0.3) is 0 Å². The highest BCUT2D eigenvalue weighted by Crippen LogP contribution is 2.18. The fraction of sp³-hybridized carbons (Fsp3) is 0.0667. The van der Waals surface area contributed by atoms with Crippen molar-refractivity contribution < 1.29 is 4.79 Å². The van der Waals surface area contributed by atoms with Crippen molar-refractivity contribution in [3.8, 4) is 0 Å². The second kappa shape index (κ2) is 5.05. The van der Waals surface area contributed by atoms with Crippen LogP contribution in [0, 0.1) is 0 Å². The maximum Gasteiger partial charge on any atom is 0.323 e. The van der Waals surface area contributed by atoms with Crippen LogP contribution >= 0.6 is 0 Å². The van der Waals surface area contributed by atoms with Crippen molar-refractivity contribution in [1.82, 2.24) is 9.78 Å². The Morgan fingerprint density at radius 1 is 1.05 bits per heavy atom. The van der Waals surface area contributed by atoms with Crippen molar-refractivity contribution >= 4 is 28.3 Å². The number of hydrogen-bond acceptors (Lipinski definition) is 2. The van der Waals surface area contributed by atoms with Gasteiger partial charge in [0, 0.05) is 23.8 Å². The number of amides is 2. The van der Waals surface area contributed by atoms with E-state index in [0.29, 0.717) is 0 Å². The molecule has 0 saturated heterocycles. The van der Waals surface area contributed by atoms with Crippen LogP contribution in [-0.4, -0.2) is 15.8 Å². The minimum atomic E-state index is -0.266. The Morgan fingerprint density at radius 3 is 2.60 bits per heavy atom. The molecule has 100 valence electrons. The summed E-state index contributed by atoms with van der Waals surface area (Å²) in [6, 6.07) is 14.7. The van der Waals surface area contributed by atoms with Gasteiger partial charge < -0.3 is 10.6 Å². The number of carbonyl (C=O) groups is 1. The van der Waals surface area contributed by atoms with Crippen LogP contribution < -0.4 is 10.6 Å². The number of rotatable bonds is 2. The van der Waals surface area contributed by atoms with Gasteiger partial charge in [-0.25, -0.2) is 4.79 Å². The molecule has 0 aliphatic rings. The third kappa shape index (κ3) is 2.47. The van der Waals surface area contributed by atoms with Crippen LogP contribution in [-0.2, 0) is 7.05 Å². The molecule has 3 aromatic rings. The van der Waals surface area contributed by atoms with Crippen LogP contribution in [0.15, 0.2) is 54.7 Å². The lowest BCUT2D eigenvalue weighted by atomic mass is 10.2. The van der Waals surface area contributed by atoms with Gasteiger partial charge in [0.2, 0.25) is 0 Å². The second-order valence-electron chi connectivity index (χ2n) is 4.49. The number of hydrogen-bond donors (Lipinski definition) is 2. The van der Waals surface area contributed by atoms with Gasteiger partial charge in [0.1, 0.15) is 0 Å². The van der Waals surface area contributed by atoms with Gasteiger partial charge in [-0.3, -0.25) is 4.68 Å². The molecule has 0 fully saturated rings. The number of para-hydroxylation sites is 1. The topological polar surface area (TPSA) is 59.0 Å². The number of benzene rings is 2. The molecule has 0 atom stereocenters. The van der Waals surface area contributed by atoms with Crippen LogP contribution in [0.5, 0.6) is 0 Å². The average molecular weight is 266 g/mol. The van der Waals surface area contributed by atoms with E-state index in [0.717, 1.165) is 22.3 Å². The van der Waals surface area contributed by atoms with E-state index in [9.17, 15) is 4.79 Å². The molecule has 0 aliphatic heterocycles. The van der Waals surface area contributed by atoms with E-state index in [2.05, 4.69) is 15.7 Å². The molecular weight excluding hydrogens is 252 g/mol. The summed E-state index contributed by atoms with van der Waals surface area (Å²) in [6.07, 6.45) is 1.79. The molecule has 2 aromatic carbocycles. The predicted molar refractivity (Wildman–Crippen MR) is 79.8 cm³/mol. The van der Waals surface area contributed by atoms with Gasteiger partial charge in [0.15, 0.2) is 0 Å². The van der Waals surface area contributed by atoms with E-state index in [1.807, 2.05) is 55.6 Å². The summed E-state index contributed by atoms with van der Waals surface area (Å²) < 4.78 is 1.77. The molecule has 2 N–H and O–H groups in total. The van der Waals surface area contributed by atoms with Crippen LogP contribution in [0.2, 0.25) is 0 Å². The normalized spacial score (nSPS) is 10.4. The molecule has 1 aromatic heterocycles. The van der Waals surface area contributed by atoms with Gasteiger partial charge in [-0.05, 0) is 30.3 Å². The summed E-state index contributed by atoms with van der Waals surface area (Å²) in [4.78, 5) is 11.9. The summed E-state index contributed by atoms with van der Waals surface area (Å²) in [6.45, 7) is 0. The molecule has 1 heterocycles. The third-order valence-electron chi connectivity index (χ3n) is 3.04. The number of aromatic nitrogens is 2. The van der Waals surface area contributed by atoms with Crippen LogP contribution in [0.4, 0.5) is 16.2 Å². The highest BCUT2D eigenvalue weighted by molar-refractivity contribution is 6.00. The summed E-state index contributed by atoms with van der Waals surface area (Å²) in [5.74, 6) is 0. The monoisotopic (exact) mass is 266 g/mol.